The van der Waals surface area contributed by atoms with Gasteiger partial charge in [0.05, 0.1) is 10.8 Å². The number of sulfonamides is 1. The quantitative estimate of drug-likeness (QED) is 0.829. The van der Waals surface area contributed by atoms with E-state index in [1.807, 2.05) is 6.07 Å². The molecule has 1 saturated heterocycles. The number of hydrogen-bond acceptors (Lipinski definition) is 5. The van der Waals surface area contributed by atoms with Crippen LogP contribution in [0, 0.1) is 0 Å². The molecule has 2 atom stereocenters. The standard InChI is InChI=1S/C17H23N3O3S/c1-3-13(2)16-18-17(23-19-16)14-8-7-11-20(12-14)24(21,22)15-9-5-4-6-10-15/h4-6,9-10,13-14H,3,7-8,11-12H2,1-2H3/t13-,14-/m0/s1. The summed E-state index contributed by atoms with van der Waals surface area (Å²) in [6, 6.07) is 8.56. The molecule has 1 fully saturated rings. The topological polar surface area (TPSA) is 76.3 Å². The second-order valence-corrected chi connectivity index (χ2v) is 8.25. The fraction of sp³-hybridized carbons (Fsp3) is 0.529. The van der Waals surface area contributed by atoms with Crippen molar-refractivity contribution in [3.8, 4) is 0 Å². The van der Waals surface area contributed by atoms with E-state index in [-0.39, 0.29) is 11.8 Å². The van der Waals surface area contributed by atoms with Gasteiger partial charge in [0.2, 0.25) is 15.9 Å². The maximum absolute atomic E-state index is 12.8. The van der Waals surface area contributed by atoms with E-state index < -0.39 is 10.0 Å². The maximum atomic E-state index is 12.8. The van der Waals surface area contributed by atoms with Crippen molar-refractivity contribution < 1.29 is 12.9 Å². The molecule has 6 nitrogen and oxygen atoms in total. The minimum Gasteiger partial charge on any atom is -0.339 e. The molecule has 24 heavy (non-hydrogen) atoms. The molecule has 0 N–H and O–H groups in total. The van der Waals surface area contributed by atoms with E-state index in [0.717, 1.165) is 19.3 Å². The summed E-state index contributed by atoms with van der Waals surface area (Å²) in [5, 5.41) is 4.05. The smallest absolute Gasteiger partial charge is 0.243 e. The van der Waals surface area contributed by atoms with Crippen LogP contribution in [0.25, 0.3) is 0 Å². The number of aromatic nitrogens is 2. The van der Waals surface area contributed by atoms with Gasteiger partial charge >= 0.3 is 0 Å². The summed E-state index contributed by atoms with van der Waals surface area (Å²) in [6.07, 6.45) is 2.60. The van der Waals surface area contributed by atoms with Crippen molar-refractivity contribution >= 4 is 10.0 Å². The van der Waals surface area contributed by atoms with Gasteiger partial charge < -0.3 is 4.52 Å². The second-order valence-electron chi connectivity index (χ2n) is 6.32. The fourth-order valence-electron chi connectivity index (χ4n) is 2.90. The average molecular weight is 349 g/mol. The molecule has 0 unspecified atom stereocenters. The molecule has 7 heteroatoms. The minimum atomic E-state index is -3.47. The molecule has 130 valence electrons. The van der Waals surface area contributed by atoms with E-state index in [9.17, 15) is 8.42 Å². The molecule has 1 aromatic carbocycles. The molecule has 1 aromatic heterocycles. The first-order valence-corrected chi connectivity index (χ1v) is 9.85. The first-order chi connectivity index (χ1) is 11.5. The van der Waals surface area contributed by atoms with Gasteiger partial charge in [-0.1, -0.05) is 37.2 Å². The van der Waals surface area contributed by atoms with Gasteiger partial charge in [0, 0.05) is 19.0 Å². The molecule has 0 amide bonds. The molecule has 2 aromatic rings. The molecular weight excluding hydrogens is 326 g/mol. The van der Waals surface area contributed by atoms with Crippen LogP contribution in [-0.4, -0.2) is 36.0 Å². The van der Waals surface area contributed by atoms with Gasteiger partial charge in [-0.15, -0.1) is 0 Å². The zero-order valence-corrected chi connectivity index (χ0v) is 14.9. The maximum Gasteiger partial charge on any atom is 0.243 e. The SMILES string of the molecule is CC[C@H](C)c1noc([C@H]2CCCN(S(=O)(=O)c3ccccc3)C2)n1. The summed E-state index contributed by atoms with van der Waals surface area (Å²) < 4.78 is 32.5. The Bertz CT molecular complexity index is 773. The van der Waals surface area contributed by atoms with Crippen LogP contribution in [0.15, 0.2) is 39.8 Å². The molecule has 0 spiro atoms. The highest BCUT2D eigenvalue weighted by Crippen LogP contribution is 2.30. The fourth-order valence-corrected chi connectivity index (χ4v) is 4.44. The average Bonchev–Trinajstić information content (AvgIpc) is 3.12. The molecule has 0 saturated carbocycles. The predicted molar refractivity (Wildman–Crippen MR) is 90.2 cm³/mol. The molecular formula is C17H23N3O3S. The van der Waals surface area contributed by atoms with Gasteiger partial charge in [-0.25, -0.2) is 8.42 Å². The molecule has 1 aliphatic rings. The summed E-state index contributed by atoms with van der Waals surface area (Å²) >= 11 is 0. The Balaban J connectivity index is 1.78. The summed E-state index contributed by atoms with van der Waals surface area (Å²) in [5.74, 6) is 1.46. The summed E-state index contributed by atoms with van der Waals surface area (Å²) in [7, 11) is -3.47. The lowest BCUT2D eigenvalue weighted by Crippen LogP contribution is -2.39. The Morgan fingerprint density at radius 2 is 2.08 bits per heavy atom. The van der Waals surface area contributed by atoms with Gasteiger partial charge in [-0.2, -0.15) is 9.29 Å². The van der Waals surface area contributed by atoms with Crippen LogP contribution < -0.4 is 0 Å². The van der Waals surface area contributed by atoms with E-state index in [4.69, 9.17) is 4.52 Å². The number of rotatable bonds is 5. The predicted octanol–water partition coefficient (Wildman–Crippen LogP) is 3.15. The number of piperidine rings is 1. The van der Waals surface area contributed by atoms with Crippen LogP contribution in [0.2, 0.25) is 0 Å². The summed E-state index contributed by atoms with van der Waals surface area (Å²) in [6.45, 7) is 5.05. The second kappa shape index (κ2) is 7.03. The lowest BCUT2D eigenvalue weighted by atomic mass is 9.99. The van der Waals surface area contributed by atoms with Gasteiger partial charge in [0.25, 0.3) is 0 Å². The van der Waals surface area contributed by atoms with E-state index in [1.165, 1.54) is 4.31 Å². The van der Waals surface area contributed by atoms with E-state index in [1.54, 1.807) is 24.3 Å². The highest BCUT2D eigenvalue weighted by Gasteiger charge is 2.33. The highest BCUT2D eigenvalue weighted by atomic mass is 32.2. The van der Waals surface area contributed by atoms with E-state index in [2.05, 4.69) is 24.0 Å². The number of hydrogen-bond donors (Lipinski definition) is 0. The normalized spacial score (nSPS) is 20.8. The monoisotopic (exact) mass is 349 g/mol. The Hall–Kier alpha value is -1.73. The third-order valence-corrected chi connectivity index (χ3v) is 6.50. The van der Waals surface area contributed by atoms with Crippen LogP contribution in [0.5, 0.6) is 0 Å². The van der Waals surface area contributed by atoms with Crippen molar-refractivity contribution in [1.29, 1.82) is 0 Å². The zero-order chi connectivity index (χ0) is 17.2. The summed E-state index contributed by atoms with van der Waals surface area (Å²) in [5.41, 5.74) is 0. The van der Waals surface area contributed by atoms with Crippen LogP contribution in [-0.2, 0) is 10.0 Å². The van der Waals surface area contributed by atoms with Crippen molar-refractivity contribution in [2.45, 2.75) is 49.8 Å². The highest BCUT2D eigenvalue weighted by molar-refractivity contribution is 7.89. The molecule has 2 heterocycles. The molecule has 1 aliphatic heterocycles. The largest absolute Gasteiger partial charge is 0.339 e. The van der Waals surface area contributed by atoms with Crippen LogP contribution >= 0.6 is 0 Å². The minimum absolute atomic E-state index is 0.0393. The lowest BCUT2D eigenvalue weighted by molar-refractivity contribution is 0.265. The van der Waals surface area contributed by atoms with Crippen molar-refractivity contribution in [2.24, 2.45) is 0 Å². The molecule has 0 bridgehead atoms. The van der Waals surface area contributed by atoms with Gasteiger partial charge in [0.15, 0.2) is 5.82 Å². The van der Waals surface area contributed by atoms with E-state index in [0.29, 0.717) is 29.7 Å². The van der Waals surface area contributed by atoms with Gasteiger partial charge in [-0.05, 0) is 31.4 Å². The lowest BCUT2D eigenvalue weighted by Gasteiger charge is -2.30. The van der Waals surface area contributed by atoms with Crippen LogP contribution in [0.1, 0.15) is 56.7 Å². The van der Waals surface area contributed by atoms with E-state index >= 15 is 0 Å². The zero-order valence-electron chi connectivity index (χ0n) is 14.1. The molecule has 0 aliphatic carbocycles. The Kier molecular flexibility index (Phi) is 5.01. The third kappa shape index (κ3) is 3.37. The Morgan fingerprint density at radius 1 is 1.33 bits per heavy atom. The van der Waals surface area contributed by atoms with Crippen LogP contribution in [0.4, 0.5) is 0 Å². The number of nitrogens with zero attached hydrogens (tertiary/aromatic N) is 3. The van der Waals surface area contributed by atoms with Gasteiger partial charge in [-0.3, -0.25) is 0 Å². The van der Waals surface area contributed by atoms with Gasteiger partial charge in [0.1, 0.15) is 0 Å². The van der Waals surface area contributed by atoms with Crippen molar-refractivity contribution in [3.63, 3.8) is 0 Å². The first-order valence-electron chi connectivity index (χ1n) is 8.41. The van der Waals surface area contributed by atoms with Crippen LogP contribution in [0.3, 0.4) is 0 Å². The van der Waals surface area contributed by atoms with Crippen molar-refractivity contribution in [1.82, 2.24) is 14.4 Å². The first kappa shape index (κ1) is 17.1. The Morgan fingerprint density at radius 3 is 2.79 bits per heavy atom. The number of benzene rings is 1. The third-order valence-electron chi connectivity index (χ3n) is 4.62. The molecule has 3 rings (SSSR count). The molecule has 0 radical (unpaired) electrons. The Labute approximate surface area is 142 Å². The summed E-state index contributed by atoms with van der Waals surface area (Å²) in [4.78, 5) is 4.82. The van der Waals surface area contributed by atoms with Crippen molar-refractivity contribution in [3.05, 3.63) is 42.0 Å². The van der Waals surface area contributed by atoms with Crippen molar-refractivity contribution in [2.75, 3.05) is 13.1 Å².